The molecule has 4 aromatic carbocycles. The number of amides is 1. The second kappa shape index (κ2) is 14.1. The second-order valence-electron chi connectivity index (χ2n) is 9.82. The van der Waals surface area contributed by atoms with Crippen molar-refractivity contribution in [2.45, 2.75) is 25.9 Å². The Morgan fingerprint density at radius 1 is 0.804 bits per heavy atom. The molecule has 238 valence electrons. The fraction of sp³-hybridized carbons (Fsp3) is 0.125. The second-order valence-corrected chi connectivity index (χ2v) is 11.4. The number of anilines is 1. The highest BCUT2D eigenvalue weighted by Gasteiger charge is 2.36. The van der Waals surface area contributed by atoms with E-state index in [2.05, 4.69) is 10.4 Å². The van der Waals surface area contributed by atoms with Gasteiger partial charge in [0.1, 0.15) is 22.9 Å². The van der Waals surface area contributed by atoms with Gasteiger partial charge in [-0.3, -0.25) is 18.5 Å². The molecule has 0 aliphatic heterocycles. The molecule has 5 aromatic rings. The van der Waals surface area contributed by atoms with E-state index in [1.54, 1.807) is 60.7 Å². The number of phosphoric acid groups is 1. The number of nitrogens with zero attached hydrogens (tertiary/aromatic N) is 2. The van der Waals surface area contributed by atoms with Crippen molar-refractivity contribution >= 4 is 19.5 Å². The highest BCUT2D eigenvalue weighted by molar-refractivity contribution is 7.48. The van der Waals surface area contributed by atoms with E-state index in [1.165, 1.54) is 18.3 Å². The van der Waals surface area contributed by atoms with Crippen LogP contribution in [0.3, 0.4) is 0 Å². The van der Waals surface area contributed by atoms with Crippen molar-refractivity contribution in [3.63, 3.8) is 0 Å². The van der Waals surface area contributed by atoms with Crippen molar-refractivity contribution in [1.29, 1.82) is 0 Å². The van der Waals surface area contributed by atoms with Gasteiger partial charge in [-0.15, -0.1) is 0 Å². The van der Waals surface area contributed by atoms with Gasteiger partial charge in [0.05, 0.1) is 25.3 Å². The average molecular weight is 658 g/mol. The first-order valence-electron chi connectivity index (χ1n) is 13.6. The molecule has 0 saturated heterocycles. The Balaban J connectivity index is 1.34. The minimum atomic E-state index is -4.86. The first-order valence-corrected chi connectivity index (χ1v) is 15.1. The van der Waals surface area contributed by atoms with Crippen LogP contribution in [0.2, 0.25) is 0 Å². The van der Waals surface area contributed by atoms with Gasteiger partial charge in [0, 0.05) is 12.3 Å². The summed E-state index contributed by atoms with van der Waals surface area (Å²) in [6, 6.07) is 24.5. The number of carbonyl (C=O) groups excluding carboxylic acids is 1. The van der Waals surface area contributed by atoms with Crippen molar-refractivity contribution in [2.75, 3.05) is 5.32 Å². The molecule has 0 aliphatic rings. The lowest BCUT2D eigenvalue weighted by Crippen LogP contribution is -2.17. The number of halogens is 5. The summed E-state index contributed by atoms with van der Waals surface area (Å²) in [5, 5.41) is 6.22. The van der Waals surface area contributed by atoms with Crippen LogP contribution in [-0.2, 0) is 39.5 Å². The SMILES string of the molecule is O=C(Nc1ccn(Cc2ccc(OP(=O)(OCc3ccccc3)OCc3ccccc3)cc2C(F)(F)F)n1)c1c(F)cccc1F. The van der Waals surface area contributed by atoms with E-state index in [0.29, 0.717) is 17.2 Å². The largest absolute Gasteiger partial charge is 0.530 e. The number of hydrogen-bond acceptors (Lipinski definition) is 6. The van der Waals surface area contributed by atoms with Gasteiger partial charge in [-0.25, -0.2) is 13.3 Å². The Kier molecular flexibility index (Phi) is 9.96. The van der Waals surface area contributed by atoms with Crippen molar-refractivity contribution in [2.24, 2.45) is 0 Å². The van der Waals surface area contributed by atoms with Gasteiger partial charge in [-0.2, -0.15) is 18.3 Å². The van der Waals surface area contributed by atoms with Crippen molar-refractivity contribution in [1.82, 2.24) is 9.78 Å². The summed E-state index contributed by atoms with van der Waals surface area (Å²) in [6.45, 7) is -0.802. The molecule has 8 nitrogen and oxygen atoms in total. The molecule has 0 aliphatic carbocycles. The number of phosphoric ester groups is 1. The smallest absolute Gasteiger partial charge is 0.404 e. The first-order chi connectivity index (χ1) is 22.0. The molecule has 0 bridgehead atoms. The van der Waals surface area contributed by atoms with Crippen molar-refractivity contribution < 1.29 is 44.9 Å². The Morgan fingerprint density at radius 2 is 1.39 bits per heavy atom. The fourth-order valence-corrected chi connectivity index (χ4v) is 5.44. The first kappa shape index (κ1) is 32.6. The van der Waals surface area contributed by atoms with E-state index in [-0.39, 0.29) is 24.6 Å². The van der Waals surface area contributed by atoms with Crippen LogP contribution in [0.15, 0.2) is 109 Å². The summed E-state index contributed by atoms with van der Waals surface area (Å²) in [5.74, 6) is -3.86. The van der Waals surface area contributed by atoms with Crippen LogP contribution in [0.1, 0.15) is 32.6 Å². The van der Waals surface area contributed by atoms with Gasteiger partial charge in [0.15, 0.2) is 5.82 Å². The number of alkyl halides is 3. The maximum absolute atomic E-state index is 14.2. The quantitative estimate of drug-likeness (QED) is 0.107. The number of rotatable bonds is 12. The molecule has 0 unspecified atom stereocenters. The van der Waals surface area contributed by atoms with E-state index in [0.717, 1.165) is 28.9 Å². The maximum atomic E-state index is 14.2. The van der Waals surface area contributed by atoms with E-state index in [9.17, 15) is 31.3 Å². The van der Waals surface area contributed by atoms with Gasteiger partial charge >= 0.3 is 14.0 Å². The Morgan fingerprint density at radius 3 is 1.96 bits per heavy atom. The number of carbonyl (C=O) groups is 1. The predicted octanol–water partition coefficient (Wildman–Crippen LogP) is 8.40. The van der Waals surface area contributed by atoms with Gasteiger partial charge in [-0.05, 0) is 41.0 Å². The summed E-state index contributed by atoms with van der Waals surface area (Å²) >= 11 is 0. The van der Waals surface area contributed by atoms with Gasteiger partial charge < -0.3 is 9.84 Å². The Hall–Kier alpha value is -4.84. The maximum Gasteiger partial charge on any atom is 0.530 e. The molecular formula is C32H25F5N3O5P. The minimum Gasteiger partial charge on any atom is -0.404 e. The van der Waals surface area contributed by atoms with Crippen molar-refractivity contribution in [3.05, 3.63) is 149 Å². The van der Waals surface area contributed by atoms with Gasteiger partial charge in [0.25, 0.3) is 5.91 Å². The summed E-state index contributed by atoms with van der Waals surface area (Å²) in [6.07, 6.45) is -3.58. The van der Waals surface area contributed by atoms with Crippen LogP contribution in [0.4, 0.5) is 27.8 Å². The molecule has 0 saturated carbocycles. The number of aromatic nitrogens is 2. The Bertz CT molecular complexity index is 1780. The topological polar surface area (TPSA) is 91.7 Å². The molecule has 14 heteroatoms. The minimum absolute atomic E-state index is 0.145. The molecule has 0 fully saturated rings. The zero-order valence-corrected chi connectivity index (χ0v) is 24.7. The monoisotopic (exact) mass is 657 g/mol. The number of hydrogen-bond donors (Lipinski definition) is 1. The van der Waals surface area contributed by atoms with Crippen LogP contribution < -0.4 is 9.84 Å². The molecule has 5 rings (SSSR count). The predicted molar refractivity (Wildman–Crippen MR) is 158 cm³/mol. The van der Waals surface area contributed by atoms with E-state index in [4.69, 9.17) is 13.6 Å². The summed E-state index contributed by atoms with van der Waals surface area (Å²) in [4.78, 5) is 12.4. The molecular weight excluding hydrogens is 632 g/mol. The lowest BCUT2D eigenvalue weighted by molar-refractivity contribution is -0.138. The third-order valence-electron chi connectivity index (χ3n) is 6.47. The van der Waals surface area contributed by atoms with Crippen LogP contribution in [0, 0.1) is 11.6 Å². The number of nitrogens with one attached hydrogen (secondary N) is 1. The third-order valence-corrected chi connectivity index (χ3v) is 7.80. The van der Waals surface area contributed by atoms with Gasteiger partial charge in [0.2, 0.25) is 0 Å². The Labute approximate surface area is 260 Å². The third kappa shape index (κ3) is 8.45. The normalized spacial score (nSPS) is 11.8. The molecule has 1 amide bonds. The molecule has 46 heavy (non-hydrogen) atoms. The van der Waals surface area contributed by atoms with Crippen LogP contribution in [0.25, 0.3) is 0 Å². The molecule has 1 N–H and O–H groups in total. The van der Waals surface area contributed by atoms with E-state index >= 15 is 0 Å². The average Bonchev–Trinajstić information content (AvgIpc) is 3.46. The summed E-state index contributed by atoms with van der Waals surface area (Å²) < 4.78 is 102. The highest BCUT2D eigenvalue weighted by Crippen LogP contribution is 2.51. The standard InChI is InChI=1S/C32H25F5N3O5P/c33-27-12-7-13-28(34)30(27)31(41)38-29-16-17-40(39-29)19-24-14-15-25(18-26(24)32(35,36)37)45-46(42,43-20-22-8-3-1-4-9-22)44-21-23-10-5-2-6-11-23/h1-18H,19-21H2,(H,38,39,41). The van der Waals surface area contributed by atoms with Crippen LogP contribution in [-0.4, -0.2) is 15.7 Å². The van der Waals surface area contributed by atoms with Crippen molar-refractivity contribution in [3.8, 4) is 5.75 Å². The summed E-state index contributed by atoms with van der Waals surface area (Å²) in [5.41, 5.74) is -0.919. The zero-order valence-electron chi connectivity index (χ0n) is 23.8. The lowest BCUT2D eigenvalue weighted by Gasteiger charge is -2.20. The number of benzene rings is 4. The molecule has 0 atom stereocenters. The fourth-order valence-electron chi connectivity index (χ4n) is 4.27. The van der Waals surface area contributed by atoms with Crippen LogP contribution in [0.5, 0.6) is 5.75 Å². The lowest BCUT2D eigenvalue weighted by atomic mass is 10.1. The van der Waals surface area contributed by atoms with E-state index < -0.39 is 55.0 Å². The van der Waals surface area contributed by atoms with Crippen LogP contribution >= 0.6 is 7.82 Å². The zero-order chi connectivity index (χ0) is 32.7. The molecule has 0 spiro atoms. The van der Waals surface area contributed by atoms with Gasteiger partial charge in [-0.1, -0.05) is 72.8 Å². The highest BCUT2D eigenvalue weighted by atomic mass is 31.2. The summed E-state index contributed by atoms with van der Waals surface area (Å²) in [7, 11) is -4.45. The molecule has 0 radical (unpaired) electrons. The van der Waals surface area contributed by atoms with E-state index in [1.807, 2.05) is 0 Å². The molecule has 1 aromatic heterocycles. The molecule has 1 heterocycles.